The van der Waals surface area contributed by atoms with Gasteiger partial charge in [-0.1, -0.05) is 23.8 Å². The van der Waals surface area contributed by atoms with Gasteiger partial charge in [0.2, 0.25) is 0 Å². The van der Waals surface area contributed by atoms with E-state index in [1.807, 2.05) is 0 Å². The molecule has 1 aromatic heterocycles. The number of amides is 2. The SMILES string of the molecule is O=C1[C@@H]2[C@H]3C=C[C@H]([C@H]4C[C@@H]34)[C@@H]2C(=O)N1/N=C\c1ccc(-c2cc([N+](=O)[O-])ccc2Cl)o1. The molecule has 0 unspecified atom stereocenters. The van der Waals surface area contributed by atoms with E-state index >= 15 is 0 Å². The average molecular weight is 438 g/mol. The monoisotopic (exact) mass is 437 g/mol. The van der Waals surface area contributed by atoms with E-state index < -0.39 is 4.92 Å². The maximum Gasteiger partial charge on any atom is 0.270 e. The molecule has 2 heterocycles. The summed E-state index contributed by atoms with van der Waals surface area (Å²) in [5.41, 5.74) is 0.264. The number of halogens is 1. The number of nitro groups is 1. The Bertz CT molecular complexity index is 1180. The van der Waals surface area contributed by atoms with Gasteiger partial charge in [-0.25, -0.2) is 0 Å². The molecular weight excluding hydrogens is 422 g/mol. The maximum absolute atomic E-state index is 12.9. The first-order valence-corrected chi connectivity index (χ1v) is 10.5. The highest BCUT2D eigenvalue weighted by Crippen LogP contribution is 2.65. The van der Waals surface area contributed by atoms with Gasteiger partial charge in [0, 0.05) is 17.7 Å². The van der Waals surface area contributed by atoms with E-state index in [0.29, 0.717) is 33.9 Å². The summed E-state index contributed by atoms with van der Waals surface area (Å²) in [5.74, 6) is 0.869. The number of nitro benzene ring substituents is 1. The Morgan fingerprint density at radius 2 is 1.77 bits per heavy atom. The van der Waals surface area contributed by atoms with Crippen LogP contribution in [0.1, 0.15) is 12.2 Å². The lowest BCUT2D eigenvalue weighted by molar-refractivity contribution is -0.384. The number of hydrogen-bond acceptors (Lipinski definition) is 6. The number of hydrogen-bond donors (Lipinski definition) is 0. The minimum Gasteiger partial charge on any atom is -0.455 e. The van der Waals surface area contributed by atoms with Gasteiger partial charge in [0.25, 0.3) is 17.5 Å². The van der Waals surface area contributed by atoms with Crippen LogP contribution < -0.4 is 0 Å². The molecule has 3 fully saturated rings. The fourth-order valence-corrected chi connectivity index (χ4v) is 5.76. The van der Waals surface area contributed by atoms with Crippen LogP contribution in [-0.4, -0.2) is 28.0 Å². The molecule has 9 heteroatoms. The molecule has 0 radical (unpaired) electrons. The topological polar surface area (TPSA) is 106 Å². The van der Waals surface area contributed by atoms with Crippen molar-refractivity contribution in [3.05, 3.63) is 63.4 Å². The summed E-state index contributed by atoms with van der Waals surface area (Å²) < 4.78 is 5.69. The van der Waals surface area contributed by atoms with Crippen molar-refractivity contribution in [2.45, 2.75) is 6.42 Å². The van der Waals surface area contributed by atoms with Gasteiger partial charge in [0.1, 0.15) is 11.5 Å². The van der Waals surface area contributed by atoms with Crippen LogP contribution in [0.15, 0.2) is 52.0 Å². The highest BCUT2D eigenvalue weighted by atomic mass is 35.5. The molecule has 5 aliphatic rings. The summed E-state index contributed by atoms with van der Waals surface area (Å²) in [6.45, 7) is 0. The van der Waals surface area contributed by atoms with E-state index in [4.69, 9.17) is 16.0 Å². The Morgan fingerprint density at radius 3 is 2.42 bits per heavy atom. The van der Waals surface area contributed by atoms with Crippen LogP contribution in [0, 0.1) is 45.6 Å². The van der Waals surface area contributed by atoms with Crippen LogP contribution in [0.2, 0.25) is 5.02 Å². The van der Waals surface area contributed by atoms with E-state index in [0.717, 1.165) is 11.4 Å². The van der Waals surface area contributed by atoms with Crippen molar-refractivity contribution in [2.24, 2.45) is 40.6 Å². The van der Waals surface area contributed by atoms with E-state index in [2.05, 4.69) is 17.3 Å². The second kappa shape index (κ2) is 6.37. The van der Waals surface area contributed by atoms with E-state index in [1.54, 1.807) is 12.1 Å². The summed E-state index contributed by atoms with van der Waals surface area (Å²) in [6, 6.07) is 7.28. The molecule has 0 spiro atoms. The highest BCUT2D eigenvalue weighted by Gasteiger charge is 2.67. The Hall–Kier alpha value is -3.26. The third kappa shape index (κ3) is 2.64. The number of allylic oxidation sites excluding steroid dienone is 2. The van der Waals surface area contributed by atoms with Crippen LogP contribution in [0.3, 0.4) is 0 Å². The summed E-state index contributed by atoms with van der Waals surface area (Å²) in [6.07, 6.45) is 6.65. The standard InChI is InChI=1S/C22H16ClN3O5/c23-17-5-1-10(26(29)30)7-16(17)18-6-2-11(31-18)9-24-25-21(27)19-12-3-4-13(15-8-14(12)15)20(19)22(25)28/h1-7,9,12-15,19-20H,8H2/b24-9-/t12-,13+,14-,15+,19+,20-. The molecule has 8 nitrogen and oxygen atoms in total. The number of nitrogens with zero attached hydrogens (tertiary/aromatic N) is 3. The predicted octanol–water partition coefficient (Wildman–Crippen LogP) is 3.90. The molecule has 2 aromatic rings. The molecule has 1 aliphatic heterocycles. The molecule has 7 rings (SSSR count). The zero-order valence-corrected chi connectivity index (χ0v) is 16.8. The second-order valence-corrected chi connectivity index (χ2v) is 8.92. The Balaban J connectivity index is 1.25. The third-order valence-electron chi connectivity index (χ3n) is 6.99. The van der Waals surface area contributed by atoms with Crippen molar-refractivity contribution in [1.29, 1.82) is 0 Å². The number of rotatable bonds is 4. The lowest BCUT2D eigenvalue weighted by Gasteiger charge is -2.37. The van der Waals surface area contributed by atoms with Crippen LogP contribution in [0.4, 0.5) is 5.69 Å². The van der Waals surface area contributed by atoms with Crippen LogP contribution in [-0.2, 0) is 9.59 Å². The van der Waals surface area contributed by atoms with Crippen LogP contribution >= 0.6 is 11.6 Å². The normalized spacial score (nSPS) is 32.6. The number of furan rings is 1. The van der Waals surface area contributed by atoms with Gasteiger partial charge in [-0.3, -0.25) is 19.7 Å². The first-order valence-electron chi connectivity index (χ1n) is 10.1. The van der Waals surface area contributed by atoms with Crippen molar-refractivity contribution in [3.63, 3.8) is 0 Å². The summed E-state index contributed by atoms with van der Waals surface area (Å²) >= 11 is 6.16. The first kappa shape index (κ1) is 18.5. The minimum atomic E-state index is -0.513. The Morgan fingerprint density at radius 1 is 1.10 bits per heavy atom. The quantitative estimate of drug-likeness (QED) is 0.237. The molecule has 4 aliphatic carbocycles. The average Bonchev–Trinajstić information content (AvgIpc) is 3.40. The molecule has 2 saturated carbocycles. The first-order chi connectivity index (χ1) is 14.9. The van der Waals surface area contributed by atoms with Gasteiger partial charge < -0.3 is 4.42 Å². The number of carbonyl (C=O) groups is 2. The summed E-state index contributed by atoms with van der Waals surface area (Å²) in [4.78, 5) is 36.4. The smallest absolute Gasteiger partial charge is 0.270 e. The predicted molar refractivity (Wildman–Crippen MR) is 110 cm³/mol. The van der Waals surface area contributed by atoms with Crippen molar-refractivity contribution >= 4 is 35.3 Å². The lowest BCUT2D eigenvalue weighted by Crippen LogP contribution is -2.40. The number of benzene rings is 1. The zero-order valence-electron chi connectivity index (χ0n) is 16.1. The van der Waals surface area contributed by atoms with Crippen molar-refractivity contribution in [2.75, 3.05) is 0 Å². The molecule has 2 bridgehead atoms. The zero-order chi connectivity index (χ0) is 21.4. The minimum absolute atomic E-state index is 0.108. The van der Waals surface area contributed by atoms with Gasteiger partial charge in [-0.05, 0) is 48.3 Å². The molecule has 1 aromatic carbocycles. The van der Waals surface area contributed by atoms with E-state index in [9.17, 15) is 19.7 Å². The van der Waals surface area contributed by atoms with E-state index in [1.165, 1.54) is 24.4 Å². The van der Waals surface area contributed by atoms with Crippen LogP contribution in [0.5, 0.6) is 0 Å². The lowest BCUT2D eigenvalue weighted by atomic mass is 9.63. The molecule has 31 heavy (non-hydrogen) atoms. The number of carbonyl (C=O) groups excluding carboxylic acids is 2. The van der Waals surface area contributed by atoms with Gasteiger partial charge >= 0.3 is 0 Å². The van der Waals surface area contributed by atoms with Crippen LogP contribution in [0.25, 0.3) is 11.3 Å². The van der Waals surface area contributed by atoms with Crippen molar-refractivity contribution in [3.8, 4) is 11.3 Å². The summed E-state index contributed by atoms with van der Waals surface area (Å²) in [7, 11) is 0. The fraction of sp³-hybridized carbons (Fsp3) is 0.318. The molecule has 6 atom stereocenters. The molecule has 0 N–H and O–H groups in total. The van der Waals surface area contributed by atoms with Crippen molar-refractivity contribution < 1.29 is 18.9 Å². The Kier molecular flexibility index (Phi) is 3.80. The largest absolute Gasteiger partial charge is 0.455 e. The second-order valence-electron chi connectivity index (χ2n) is 8.51. The fourth-order valence-electron chi connectivity index (χ4n) is 5.55. The van der Waals surface area contributed by atoms with E-state index in [-0.39, 0.29) is 41.2 Å². The highest BCUT2D eigenvalue weighted by molar-refractivity contribution is 6.33. The third-order valence-corrected chi connectivity index (χ3v) is 7.32. The summed E-state index contributed by atoms with van der Waals surface area (Å²) in [5, 5.41) is 16.5. The molecule has 2 amide bonds. The van der Waals surface area contributed by atoms with Gasteiger partial charge in [0.05, 0.1) is 28.0 Å². The molecule has 156 valence electrons. The number of non-ortho nitro benzene ring substituents is 1. The van der Waals surface area contributed by atoms with Gasteiger partial charge in [0.15, 0.2) is 0 Å². The molecular formula is C22H16ClN3O5. The van der Waals surface area contributed by atoms with Crippen molar-refractivity contribution in [1.82, 2.24) is 5.01 Å². The maximum atomic E-state index is 12.9. The number of imide groups is 1. The molecule has 1 saturated heterocycles. The van der Waals surface area contributed by atoms with Gasteiger partial charge in [-0.2, -0.15) is 10.1 Å². The number of hydrazone groups is 1. The van der Waals surface area contributed by atoms with Gasteiger partial charge in [-0.15, -0.1) is 0 Å². The Labute approximate surface area is 181 Å².